The van der Waals surface area contributed by atoms with E-state index in [4.69, 9.17) is 4.74 Å². The number of rotatable bonds is 6. The zero-order valence-electron chi connectivity index (χ0n) is 14.6. The molecule has 0 saturated heterocycles. The van der Waals surface area contributed by atoms with Gasteiger partial charge in [0.05, 0.1) is 0 Å². The summed E-state index contributed by atoms with van der Waals surface area (Å²) in [7, 11) is 0. The Bertz CT molecular complexity index is 693. The van der Waals surface area contributed by atoms with Crippen LogP contribution in [0.3, 0.4) is 0 Å². The third kappa shape index (κ3) is 4.82. The van der Waals surface area contributed by atoms with Crippen molar-refractivity contribution in [1.82, 2.24) is 5.32 Å². The molecule has 2 aliphatic rings. The molecule has 3 N–H and O–H groups in total. The number of esters is 1. The van der Waals surface area contributed by atoms with Gasteiger partial charge < -0.3 is 20.5 Å². The summed E-state index contributed by atoms with van der Waals surface area (Å²) in [6, 6.07) is 6.83. The van der Waals surface area contributed by atoms with Gasteiger partial charge in [-0.2, -0.15) is 0 Å². The van der Waals surface area contributed by atoms with Crippen molar-refractivity contribution >= 4 is 23.5 Å². The molecule has 2 aliphatic carbocycles. The molecule has 0 spiro atoms. The van der Waals surface area contributed by atoms with E-state index in [-0.39, 0.29) is 11.9 Å². The topological polar surface area (TPSA) is 105 Å². The summed E-state index contributed by atoms with van der Waals surface area (Å²) in [5, 5.41) is 15.7. The number of nitrogens with one attached hydrogen (secondary N) is 2. The fraction of sp³-hybridized carbons (Fsp3) is 0.526. The van der Waals surface area contributed by atoms with Crippen LogP contribution in [0.1, 0.15) is 55.3 Å². The standard InChI is InChI=1S/C19H24N2O5/c22-16(12-26-18(24)19(25)9-2-1-3-10-19)20-15-6-4-5-13(11-15)17(23)21-14-7-8-14/h4-6,11,14,25H,1-3,7-10,12H2,(H,20,22)(H,21,23). The van der Waals surface area contributed by atoms with E-state index >= 15 is 0 Å². The maximum atomic E-state index is 12.0. The van der Waals surface area contributed by atoms with Gasteiger partial charge in [0, 0.05) is 17.3 Å². The number of hydrogen-bond donors (Lipinski definition) is 3. The first-order valence-electron chi connectivity index (χ1n) is 9.07. The molecule has 7 nitrogen and oxygen atoms in total. The first kappa shape index (κ1) is 18.4. The number of anilines is 1. The molecule has 0 heterocycles. The molecule has 7 heteroatoms. The van der Waals surface area contributed by atoms with Crippen LogP contribution in [0.2, 0.25) is 0 Å². The minimum absolute atomic E-state index is 0.172. The molecule has 26 heavy (non-hydrogen) atoms. The molecule has 0 bridgehead atoms. The highest BCUT2D eigenvalue weighted by Gasteiger charge is 2.38. The molecule has 1 aromatic rings. The normalized spacial score (nSPS) is 18.7. The van der Waals surface area contributed by atoms with Crippen molar-refractivity contribution in [2.24, 2.45) is 0 Å². The second-order valence-electron chi connectivity index (χ2n) is 7.05. The highest BCUT2D eigenvalue weighted by atomic mass is 16.6. The molecule has 2 amide bonds. The van der Waals surface area contributed by atoms with Gasteiger partial charge in [0.1, 0.15) is 0 Å². The molecule has 1 aromatic carbocycles. The van der Waals surface area contributed by atoms with Crippen LogP contribution in [0.5, 0.6) is 0 Å². The summed E-state index contributed by atoms with van der Waals surface area (Å²) in [5.41, 5.74) is -0.562. The number of carbonyl (C=O) groups excluding carboxylic acids is 3. The predicted molar refractivity (Wildman–Crippen MR) is 94.6 cm³/mol. The lowest BCUT2D eigenvalue weighted by Crippen LogP contribution is -2.42. The Morgan fingerprint density at radius 2 is 1.88 bits per heavy atom. The van der Waals surface area contributed by atoms with Crippen molar-refractivity contribution in [3.05, 3.63) is 29.8 Å². The summed E-state index contributed by atoms with van der Waals surface area (Å²) < 4.78 is 4.98. The van der Waals surface area contributed by atoms with Gasteiger partial charge in [0.15, 0.2) is 12.2 Å². The minimum Gasteiger partial charge on any atom is -0.453 e. The number of benzene rings is 1. The van der Waals surface area contributed by atoms with Crippen molar-refractivity contribution in [3.8, 4) is 0 Å². The van der Waals surface area contributed by atoms with Crippen LogP contribution >= 0.6 is 0 Å². The lowest BCUT2D eigenvalue weighted by Gasteiger charge is -2.29. The van der Waals surface area contributed by atoms with E-state index in [1.165, 1.54) is 0 Å². The third-order valence-electron chi connectivity index (χ3n) is 4.72. The first-order chi connectivity index (χ1) is 12.5. The van der Waals surface area contributed by atoms with Crippen LogP contribution in [-0.4, -0.2) is 41.1 Å². The Kier molecular flexibility index (Phi) is 5.56. The lowest BCUT2D eigenvalue weighted by atomic mass is 9.85. The monoisotopic (exact) mass is 360 g/mol. The van der Waals surface area contributed by atoms with Crippen molar-refractivity contribution in [1.29, 1.82) is 0 Å². The number of aliphatic hydroxyl groups is 1. The van der Waals surface area contributed by atoms with Crippen LogP contribution < -0.4 is 10.6 Å². The molecule has 2 saturated carbocycles. The van der Waals surface area contributed by atoms with E-state index in [0.29, 0.717) is 24.1 Å². The van der Waals surface area contributed by atoms with E-state index in [0.717, 1.165) is 32.1 Å². The first-order valence-corrected chi connectivity index (χ1v) is 9.07. The fourth-order valence-corrected chi connectivity index (χ4v) is 3.04. The molecule has 2 fully saturated rings. The molecule has 0 aliphatic heterocycles. The van der Waals surface area contributed by atoms with E-state index in [2.05, 4.69) is 10.6 Å². The van der Waals surface area contributed by atoms with Crippen LogP contribution in [0.15, 0.2) is 24.3 Å². The van der Waals surface area contributed by atoms with Gasteiger partial charge in [-0.05, 0) is 56.7 Å². The number of amides is 2. The number of ether oxygens (including phenoxy) is 1. The van der Waals surface area contributed by atoms with Crippen LogP contribution in [0.4, 0.5) is 5.69 Å². The van der Waals surface area contributed by atoms with Crippen LogP contribution in [0.25, 0.3) is 0 Å². The SMILES string of the molecule is O=C(COC(=O)C1(O)CCCCC1)Nc1cccc(C(=O)NC2CC2)c1. The fourth-order valence-electron chi connectivity index (χ4n) is 3.04. The summed E-state index contributed by atoms with van der Waals surface area (Å²) in [4.78, 5) is 36.1. The van der Waals surface area contributed by atoms with E-state index < -0.39 is 24.1 Å². The van der Waals surface area contributed by atoms with E-state index in [9.17, 15) is 19.5 Å². The summed E-state index contributed by atoms with van der Waals surface area (Å²) >= 11 is 0. The molecule has 0 atom stereocenters. The predicted octanol–water partition coefficient (Wildman–Crippen LogP) is 1.76. The number of carbonyl (C=O) groups is 3. The smallest absolute Gasteiger partial charge is 0.338 e. The molecular formula is C19H24N2O5. The molecule has 0 radical (unpaired) electrons. The van der Waals surface area contributed by atoms with Gasteiger partial charge in [-0.25, -0.2) is 4.79 Å². The molecule has 140 valence electrons. The van der Waals surface area contributed by atoms with Gasteiger partial charge in [-0.3, -0.25) is 9.59 Å². The van der Waals surface area contributed by atoms with Crippen molar-refractivity contribution in [2.45, 2.75) is 56.6 Å². The number of hydrogen-bond acceptors (Lipinski definition) is 5. The maximum Gasteiger partial charge on any atom is 0.338 e. The zero-order chi connectivity index (χ0) is 18.6. The van der Waals surface area contributed by atoms with Gasteiger partial charge in [-0.1, -0.05) is 12.5 Å². The quantitative estimate of drug-likeness (QED) is 0.671. The average Bonchev–Trinajstić information content (AvgIpc) is 3.44. The van der Waals surface area contributed by atoms with Crippen molar-refractivity contribution in [3.63, 3.8) is 0 Å². The lowest BCUT2D eigenvalue weighted by molar-refractivity contribution is -0.170. The summed E-state index contributed by atoms with van der Waals surface area (Å²) in [5.74, 6) is -1.43. The van der Waals surface area contributed by atoms with Gasteiger partial charge in [-0.15, -0.1) is 0 Å². The van der Waals surface area contributed by atoms with E-state index in [1.54, 1.807) is 24.3 Å². The molecule has 0 aromatic heterocycles. The van der Waals surface area contributed by atoms with Crippen LogP contribution in [0, 0.1) is 0 Å². The zero-order valence-corrected chi connectivity index (χ0v) is 14.6. The minimum atomic E-state index is -1.47. The third-order valence-corrected chi connectivity index (χ3v) is 4.72. The Morgan fingerprint density at radius 3 is 2.58 bits per heavy atom. The molecule has 0 unspecified atom stereocenters. The van der Waals surface area contributed by atoms with Crippen molar-refractivity contribution < 1.29 is 24.2 Å². The summed E-state index contributed by atoms with van der Waals surface area (Å²) in [6.07, 6.45) is 5.26. The highest BCUT2D eigenvalue weighted by molar-refractivity contribution is 5.98. The Hall–Kier alpha value is -2.41. The Morgan fingerprint density at radius 1 is 1.15 bits per heavy atom. The molecular weight excluding hydrogens is 336 g/mol. The van der Waals surface area contributed by atoms with Crippen LogP contribution in [-0.2, 0) is 14.3 Å². The van der Waals surface area contributed by atoms with Gasteiger partial charge in [0.2, 0.25) is 0 Å². The van der Waals surface area contributed by atoms with E-state index in [1.807, 2.05) is 0 Å². The van der Waals surface area contributed by atoms with Crippen molar-refractivity contribution in [2.75, 3.05) is 11.9 Å². The molecule has 3 rings (SSSR count). The Labute approximate surface area is 152 Å². The average molecular weight is 360 g/mol. The highest BCUT2D eigenvalue weighted by Crippen LogP contribution is 2.29. The Balaban J connectivity index is 1.49. The summed E-state index contributed by atoms with van der Waals surface area (Å²) in [6.45, 7) is -0.473. The second kappa shape index (κ2) is 7.86. The largest absolute Gasteiger partial charge is 0.453 e. The second-order valence-corrected chi connectivity index (χ2v) is 7.05. The van der Waals surface area contributed by atoms with Gasteiger partial charge >= 0.3 is 5.97 Å². The van der Waals surface area contributed by atoms with Gasteiger partial charge in [0.25, 0.3) is 11.8 Å². The maximum absolute atomic E-state index is 12.0.